The standard InChI is InChI=1S/C16H19FN4OS2/c1-11-19-20-16(24-11)23-10-15(22)21-7-3-6-14(9-21)18-13-5-2-4-12(17)8-13/h2,4-5,8,14,18H,3,6-7,9-10H2,1H3/t14-/m0/s1. The van der Waals surface area contributed by atoms with Gasteiger partial charge in [0.15, 0.2) is 4.34 Å². The highest BCUT2D eigenvalue weighted by molar-refractivity contribution is 8.01. The largest absolute Gasteiger partial charge is 0.380 e. The van der Waals surface area contributed by atoms with Crippen LogP contribution in [0.15, 0.2) is 28.6 Å². The van der Waals surface area contributed by atoms with E-state index in [2.05, 4.69) is 15.5 Å². The van der Waals surface area contributed by atoms with Gasteiger partial charge in [-0.3, -0.25) is 4.79 Å². The van der Waals surface area contributed by atoms with Crippen molar-refractivity contribution in [2.24, 2.45) is 0 Å². The molecule has 0 saturated carbocycles. The van der Waals surface area contributed by atoms with Gasteiger partial charge >= 0.3 is 0 Å². The van der Waals surface area contributed by atoms with Crippen molar-refractivity contribution < 1.29 is 9.18 Å². The Morgan fingerprint density at radius 1 is 1.50 bits per heavy atom. The Morgan fingerprint density at radius 3 is 3.12 bits per heavy atom. The molecule has 1 aliphatic rings. The minimum Gasteiger partial charge on any atom is -0.380 e. The predicted octanol–water partition coefficient (Wildman–Crippen LogP) is 3.18. The number of hydrogen-bond donors (Lipinski definition) is 1. The molecule has 2 aromatic rings. The van der Waals surface area contributed by atoms with Crippen LogP contribution in [0.4, 0.5) is 10.1 Å². The molecule has 1 saturated heterocycles. The molecule has 1 aliphatic heterocycles. The SMILES string of the molecule is Cc1nnc(SCC(=O)N2CCC[C@H](Nc3cccc(F)c3)C2)s1. The molecule has 0 unspecified atom stereocenters. The molecule has 8 heteroatoms. The van der Waals surface area contributed by atoms with Crippen LogP contribution in [-0.4, -0.2) is 45.9 Å². The average molecular weight is 366 g/mol. The van der Waals surface area contributed by atoms with Gasteiger partial charge in [-0.15, -0.1) is 10.2 Å². The van der Waals surface area contributed by atoms with E-state index in [1.54, 1.807) is 6.07 Å². The molecule has 1 aromatic carbocycles. The number of nitrogens with one attached hydrogen (secondary N) is 1. The number of carbonyl (C=O) groups excluding carboxylic acids is 1. The second kappa shape index (κ2) is 7.94. The van der Waals surface area contributed by atoms with Crippen molar-refractivity contribution in [2.45, 2.75) is 30.1 Å². The number of carbonyl (C=O) groups is 1. The van der Waals surface area contributed by atoms with Crippen LogP contribution in [0.1, 0.15) is 17.8 Å². The van der Waals surface area contributed by atoms with Crippen molar-refractivity contribution in [3.05, 3.63) is 35.1 Å². The fourth-order valence-corrected chi connectivity index (χ4v) is 4.41. The highest BCUT2D eigenvalue weighted by Gasteiger charge is 2.23. The second-order valence-corrected chi connectivity index (χ2v) is 8.11. The van der Waals surface area contributed by atoms with Crippen LogP contribution in [0.3, 0.4) is 0 Å². The summed E-state index contributed by atoms with van der Waals surface area (Å²) in [6.07, 6.45) is 1.92. The first kappa shape index (κ1) is 17.2. The van der Waals surface area contributed by atoms with Gasteiger partial charge in [0, 0.05) is 24.8 Å². The zero-order valence-corrected chi connectivity index (χ0v) is 15.0. The Hall–Kier alpha value is -1.67. The number of thioether (sulfide) groups is 1. The van der Waals surface area contributed by atoms with Crippen molar-refractivity contribution in [1.82, 2.24) is 15.1 Å². The quantitative estimate of drug-likeness (QED) is 0.824. The van der Waals surface area contributed by atoms with E-state index in [0.29, 0.717) is 12.3 Å². The zero-order chi connectivity index (χ0) is 16.9. The van der Waals surface area contributed by atoms with Crippen LogP contribution < -0.4 is 5.32 Å². The van der Waals surface area contributed by atoms with Gasteiger partial charge in [-0.25, -0.2) is 4.39 Å². The van der Waals surface area contributed by atoms with E-state index in [4.69, 9.17) is 0 Å². The Morgan fingerprint density at radius 2 is 2.38 bits per heavy atom. The van der Waals surface area contributed by atoms with Crippen LogP contribution in [0.2, 0.25) is 0 Å². The maximum Gasteiger partial charge on any atom is 0.233 e. The number of piperidine rings is 1. The summed E-state index contributed by atoms with van der Waals surface area (Å²) < 4.78 is 14.1. The predicted molar refractivity (Wildman–Crippen MR) is 95.0 cm³/mol. The number of aromatic nitrogens is 2. The molecule has 0 bridgehead atoms. The van der Waals surface area contributed by atoms with Gasteiger partial charge in [-0.1, -0.05) is 29.2 Å². The molecule has 2 heterocycles. The molecule has 1 amide bonds. The first-order chi connectivity index (χ1) is 11.6. The van der Waals surface area contributed by atoms with E-state index in [9.17, 15) is 9.18 Å². The highest BCUT2D eigenvalue weighted by Crippen LogP contribution is 2.23. The van der Waals surface area contributed by atoms with Gasteiger partial charge in [0.1, 0.15) is 10.8 Å². The van der Waals surface area contributed by atoms with Crippen LogP contribution in [0.25, 0.3) is 0 Å². The van der Waals surface area contributed by atoms with Crippen LogP contribution in [0, 0.1) is 12.7 Å². The summed E-state index contributed by atoms with van der Waals surface area (Å²) in [5.74, 6) is 0.229. The van der Waals surface area contributed by atoms with Gasteiger partial charge in [0.25, 0.3) is 0 Å². The molecule has 0 radical (unpaired) electrons. The van der Waals surface area contributed by atoms with E-state index in [0.717, 1.165) is 34.4 Å². The van der Waals surface area contributed by atoms with E-state index >= 15 is 0 Å². The maximum absolute atomic E-state index is 13.3. The Balaban J connectivity index is 1.51. The molecule has 1 fully saturated rings. The summed E-state index contributed by atoms with van der Waals surface area (Å²) in [6.45, 7) is 3.32. The lowest BCUT2D eigenvalue weighted by atomic mass is 10.1. The minimum absolute atomic E-state index is 0.110. The second-order valence-electron chi connectivity index (χ2n) is 5.71. The Bertz CT molecular complexity index is 709. The van der Waals surface area contributed by atoms with E-state index in [-0.39, 0.29) is 17.8 Å². The third-order valence-electron chi connectivity index (χ3n) is 3.80. The average Bonchev–Trinajstić information content (AvgIpc) is 2.98. The third-order valence-corrected chi connectivity index (χ3v) is 5.75. The lowest BCUT2D eigenvalue weighted by Gasteiger charge is -2.33. The number of halogens is 1. The smallest absolute Gasteiger partial charge is 0.233 e. The summed E-state index contributed by atoms with van der Waals surface area (Å²) >= 11 is 2.94. The summed E-state index contributed by atoms with van der Waals surface area (Å²) in [5, 5.41) is 12.2. The van der Waals surface area contributed by atoms with Gasteiger partial charge in [-0.2, -0.15) is 0 Å². The fourth-order valence-electron chi connectivity index (χ4n) is 2.69. The van der Waals surface area contributed by atoms with Crippen LogP contribution in [-0.2, 0) is 4.79 Å². The topological polar surface area (TPSA) is 58.1 Å². The molecular formula is C16H19FN4OS2. The van der Waals surface area contributed by atoms with E-state index < -0.39 is 0 Å². The number of amides is 1. The zero-order valence-electron chi connectivity index (χ0n) is 13.4. The number of rotatable bonds is 5. The lowest BCUT2D eigenvalue weighted by Crippen LogP contribution is -2.45. The number of anilines is 1. The van der Waals surface area contributed by atoms with E-state index in [1.807, 2.05) is 17.9 Å². The number of likely N-dealkylation sites (tertiary alicyclic amines) is 1. The van der Waals surface area contributed by atoms with E-state index in [1.165, 1.54) is 35.2 Å². The molecule has 1 aromatic heterocycles. The molecule has 0 spiro atoms. The summed E-state index contributed by atoms with van der Waals surface area (Å²) in [4.78, 5) is 14.3. The molecule has 3 rings (SSSR count). The van der Waals surface area contributed by atoms with Gasteiger partial charge in [-0.05, 0) is 38.0 Å². The minimum atomic E-state index is -0.257. The number of hydrogen-bond acceptors (Lipinski definition) is 6. The monoisotopic (exact) mass is 366 g/mol. The van der Waals surface area contributed by atoms with Gasteiger partial charge < -0.3 is 10.2 Å². The van der Waals surface area contributed by atoms with Crippen molar-refractivity contribution in [2.75, 3.05) is 24.2 Å². The maximum atomic E-state index is 13.3. The van der Waals surface area contributed by atoms with Crippen LogP contribution >= 0.6 is 23.1 Å². The van der Waals surface area contributed by atoms with Crippen molar-refractivity contribution in [3.63, 3.8) is 0 Å². The first-order valence-electron chi connectivity index (χ1n) is 7.83. The highest BCUT2D eigenvalue weighted by atomic mass is 32.2. The molecule has 5 nitrogen and oxygen atoms in total. The summed E-state index contributed by atoms with van der Waals surface area (Å²) in [5.41, 5.74) is 0.757. The van der Waals surface area contributed by atoms with Gasteiger partial charge in [0.2, 0.25) is 5.91 Å². The van der Waals surface area contributed by atoms with Crippen LogP contribution in [0.5, 0.6) is 0 Å². The molecule has 128 valence electrons. The molecule has 1 N–H and O–H groups in total. The van der Waals surface area contributed by atoms with Crippen molar-refractivity contribution in [3.8, 4) is 0 Å². The van der Waals surface area contributed by atoms with Gasteiger partial charge in [0.05, 0.1) is 5.75 Å². The number of nitrogens with zero attached hydrogens (tertiary/aromatic N) is 3. The normalized spacial score (nSPS) is 17.8. The molecular weight excluding hydrogens is 347 g/mol. The number of aryl methyl sites for hydroxylation is 1. The lowest BCUT2D eigenvalue weighted by molar-refractivity contribution is -0.129. The first-order valence-corrected chi connectivity index (χ1v) is 9.63. The number of benzene rings is 1. The summed E-state index contributed by atoms with van der Waals surface area (Å²) in [6, 6.07) is 6.59. The van der Waals surface area contributed by atoms with Crippen molar-refractivity contribution >= 4 is 34.7 Å². The van der Waals surface area contributed by atoms with Crippen molar-refractivity contribution in [1.29, 1.82) is 0 Å². The summed E-state index contributed by atoms with van der Waals surface area (Å²) in [7, 11) is 0. The molecule has 1 atom stereocenters. The Kier molecular flexibility index (Phi) is 5.68. The fraction of sp³-hybridized carbons (Fsp3) is 0.438. The third kappa shape index (κ3) is 4.67. The Labute approximate surface area is 148 Å². The molecule has 24 heavy (non-hydrogen) atoms. The molecule has 0 aliphatic carbocycles.